The molecule has 22 heavy (non-hydrogen) atoms. The Hall–Kier alpha value is -2.18. The molecule has 0 aliphatic heterocycles. The Morgan fingerprint density at radius 1 is 1.18 bits per heavy atom. The van der Waals surface area contributed by atoms with E-state index in [4.69, 9.17) is 8.92 Å². The van der Waals surface area contributed by atoms with Crippen LogP contribution in [-0.2, 0) is 28.9 Å². The molecule has 0 fully saturated rings. The van der Waals surface area contributed by atoms with Gasteiger partial charge < -0.3 is 18.8 Å². The highest BCUT2D eigenvalue weighted by Gasteiger charge is 2.18. The molecular weight excluding hydrogens is 304 g/mol. The second-order valence-electron chi connectivity index (χ2n) is 4.39. The van der Waals surface area contributed by atoms with E-state index in [9.17, 15) is 14.1 Å². The Kier molecular flexibility index (Phi) is 5.68. The number of carbonyl (C=O) groups excluding carboxylic acids is 1. The molecule has 0 saturated heterocycles. The van der Waals surface area contributed by atoms with Crippen molar-refractivity contribution in [1.29, 1.82) is 0 Å². The van der Waals surface area contributed by atoms with Crippen molar-refractivity contribution in [1.82, 2.24) is 0 Å². The fraction of sp³-hybridized carbons (Fsp3) is 0.188. The second kappa shape index (κ2) is 7.72. The molecule has 1 N–H and O–H groups in total. The number of aliphatic hydroxyl groups excluding tert-OH is 1. The van der Waals surface area contributed by atoms with Gasteiger partial charge in [0, 0.05) is 12.0 Å². The van der Waals surface area contributed by atoms with Gasteiger partial charge in [-0.05, 0) is 23.8 Å². The van der Waals surface area contributed by atoms with E-state index in [0.717, 1.165) is 6.29 Å². The van der Waals surface area contributed by atoms with E-state index in [1.165, 1.54) is 7.11 Å². The van der Waals surface area contributed by atoms with E-state index in [1.807, 2.05) is 6.07 Å². The first-order valence-corrected chi connectivity index (χ1v) is 7.67. The zero-order valence-corrected chi connectivity index (χ0v) is 12.8. The molecule has 2 aromatic carbocycles. The summed E-state index contributed by atoms with van der Waals surface area (Å²) < 4.78 is 23.0. The minimum Gasteiger partial charge on any atom is -0.493 e. The van der Waals surface area contributed by atoms with Gasteiger partial charge in [0.15, 0.2) is 11.5 Å². The quantitative estimate of drug-likeness (QED) is 0.790. The fourth-order valence-corrected chi connectivity index (χ4v) is 2.82. The average molecular weight is 320 g/mol. The summed E-state index contributed by atoms with van der Waals surface area (Å²) in [5.41, 5.74) is 1.01. The van der Waals surface area contributed by atoms with Gasteiger partial charge in [-0.15, -0.1) is 0 Å². The molecular formula is C16H16O5S. The van der Waals surface area contributed by atoms with Gasteiger partial charge in [0.05, 0.1) is 18.6 Å². The van der Waals surface area contributed by atoms with Crippen LogP contribution in [0.2, 0.25) is 0 Å². The third kappa shape index (κ3) is 3.52. The molecule has 0 bridgehead atoms. The van der Waals surface area contributed by atoms with Gasteiger partial charge in [-0.3, -0.25) is 0 Å². The van der Waals surface area contributed by atoms with Crippen LogP contribution in [0.5, 0.6) is 11.5 Å². The van der Waals surface area contributed by atoms with Gasteiger partial charge in [0.25, 0.3) is 0 Å². The summed E-state index contributed by atoms with van der Waals surface area (Å²) in [5.74, 6) is 0.537. The lowest BCUT2D eigenvalue weighted by Gasteiger charge is -2.15. The molecule has 2 rings (SSSR count). The van der Waals surface area contributed by atoms with E-state index in [0.29, 0.717) is 21.8 Å². The van der Waals surface area contributed by atoms with Gasteiger partial charge in [-0.2, -0.15) is 0 Å². The van der Waals surface area contributed by atoms with Crippen LogP contribution in [0.3, 0.4) is 0 Å². The first kappa shape index (κ1) is 16.2. The highest BCUT2D eigenvalue weighted by Crippen LogP contribution is 2.35. The fourth-order valence-electron chi connectivity index (χ4n) is 2.01. The summed E-state index contributed by atoms with van der Waals surface area (Å²) in [6.45, 7) is -0.346. The van der Waals surface area contributed by atoms with Gasteiger partial charge in [0.2, 0.25) is 11.1 Å². The molecule has 0 amide bonds. The molecule has 0 aliphatic carbocycles. The number of aliphatic hydroxyl groups is 1. The number of ether oxygens (including phenoxy) is 1. The summed E-state index contributed by atoms with van der Waals surface area (Å²) >= 11 is -1.75. The van der Waals surface area contributed by atoms with Crippen LogP contribution in [0.15, 0.2) is 47.4 Å². The lowest BCUT2D eigenvalue weighted by molar-refractivity contribution is -0.107. The summed E-state index contributed by atoms with van der Waals surface area (Å²) in [4.78, 5) is 11.2. The predicted octanol–water partition coefficient (Wildman–Crippen LogP) is 2.03. The maximum absolute atomic E-state index is 12.3. The van der Waals surface area contributed by atoms with Gasteiger partial charge in [-0.1, -0.05) is 24.3 Å². The molecule has 0 radical (unpaired) electrons. The van der Waals surface area contributed by atoms with Crippen LogP contribution in [-0.4, -0.2) is 22.7 Å². The normalized spacial score (nSPS) is 11.7. The molecule has 1 atom stereocenters. The van der Waals surface area contributed by atoms with Crippen molar-refractivity contribution in [3.05, 3.63) is 53.6 Å². The largest absolute Gasteiger partial charge is 0.493 e. The first-order chi connectivity index (χ1) is 10.7. The van der Waals surface area contributed by atoms with Crippen molar-refractivity contribution in [3.8, 4) is 11.5 Å². The van der Waals surface area contributed by atoms with E-state index < -0.39 is 11.1 Å². The molecule has 6 heteroatoms. The van der Waals surface area contributed by atoms with E-state index in [-0.39, 0.29) is 18.8 Å². The SMILES string of the molecule is COc1ccc(CC=O)c(CO)c1OS(=O)c1ccccc1. The van der Waals surface area contributed by atoms with Crippen LogP contribution in [0.1, 0.15) is 11.1 Å². The summed E-state index contributed by atoms with van der Waals surface area (Å²) in [6, 6.07) is 12.0. The van der Waals surface area contributed by atoms with Crippen LogP contribution in [0, 0.1) is 0 Å². The van der Waals surface area contributed by atoms with Crippen LogP contribution >= 0.6 is 0 Å². The van der Waals surface area contributed by atoms with Crippen molar-refractivity contribution in [2.75, 3.05) is 7.11 Å². The first-order valence-electron chi connectivity index (χ1n) is 6.59. The van der Waals surface area contributed by atoms with E-state index >= 15 is 0 Å². The highest BCUT2D eigenvalue weighted by atomic mass is 32.2. The number of methoxy groups -OCH3 is 1. The number of hydrogen-bond donors (Lipinski definition) is 1. The lowest BCUT2D eigenvalue weighted by Crippen LogP contribution is -2.07. The Labute approximate surface area is 131 Å². The third-order valence-corrected chi connectivity index (χ3v) is 4.07. The molecule has 0 aliphatic rings. The van der Waals surface area contributed by atoms with Crippen LogP contribution in [0.4, 0.5) is 0 Å². The smallest absolute Gasteiger partial charge is 0.240 e. The Bertz CT molecular complexity index is 670. The standard InChI is InChI=1S/C16H16O5S/c1-20-15-8-7-12(9-10-17)14(11-18)16(15)21-22(19)13-5-3-2-4-6-13/h2-8,10,18H,9,11H2,1H3. The van der Waals surface area contributed by atoms with Crippen molar-refractivity contribution >= 4 is 17.4 Å². The number of rotatable bonds is 7. The maximum atomic E-state index is 12.3. The molecule has 5 nitrogen and oxygen atoms in total. The number of benzene rings is 2. The third-order valence-electron chi connectivity index (χ3n) is 3.10. The second-order valence-corrected chi connectivity index (χ2v) is 5.50. The summed E-state index contributed by atoms with van der Waals surface area (Å²) in [6.07, 6.45) is 0.868. The predicted molar refractivity (Wildman–Crippen MR) is 82.2 cm³/mol. The van der Waals surface area contributed by atoms with Crippen LogP contribution < -0.4 is 8.92 Å². The van der Waals surface area contributed by atoms with Crippen molar-refractivity contribution in [2.45, 2.75) is 17.9 Å². The van der Waals surface area contributed by atoms with Crippen LogP contribution in [0.25, 0.3) is 0 Å². The monoisotopic (exact) mass is 320 g/mol. The Balaban J connectivity index is 2.41. The van der Waals surface area contributed by atoms with Crippen molar-refractivity contribution in [2.24, 2.45) is 0 Å². The Morgan fingerprint density at radius 2 is 1.91 bits per heavy atom. The molecule has 116 valence electrons. The summed E-state index contributed by atoms with van der Waals surface area (Å²) in [5, 5.41) is 9.58. The molecule has 0 spiro atoms. The lowest BCUT2D eigenvalue weighted by atomic mass is 10.0. The highest BCUT2D eigenvalue weighted by molar-refractivity contribution is 7.80. The van der Waals surface area contributed by atoms with Gasteiger partial charge in [-0.25, -0.2) is 4.21 Å². The van der Waals surface area contributed by atoms with E-state index in [2.05, 4.69) is 0 Å². The molecule has 0 heterocycles. The topological polar surface area (TPSA) is 72.8 Å². The summed E-state index contributed by atoms with van der Waals surface area (Å²) in [7, 11) is 1.45. The number of hydrogen-bond acceptors (Lipinski definition) is 5. The van der Waals surface area contributed by atoms with E-state index in [1.54, 1.807) is 36.4 Å². The average Bonchev–Trinajstić information content (AvgIpc) is 2.56. The maximum Gasteiger partial charge on any atom is 0.240 e. The van der Waals surface area contributed by atoms with Gasteiger partial charge >= 0.3 is 0 Å². The van der Waals surface area contributed by atoms with Gasteiger partial charge in [0.1, 0.15) is 6.29 Å². The number of aldehydes is 1. The van der Waals surface area contributed by atoms with Crippen molar-refractivity contribution < 1.29 is 23.0 Å². The minimum atomic E-state index is -1.75. The molecule has 0 aromatic heterocycles. The minimum absolute atomic E-state index is 0.133. The zero-order valence-electron chi connectivity index (χ0n) is 12.0. The Morgan fingerprint density at radius 3 is 2.50 bits per heavy atom. The number of carbonyl (C=O) groups is 1. The zero-order chi connectivity index (χ0) is 15.9. The molecule has 2 aromatic rings. The molecule has 0 saturated carbocycles. The van der Waals surface area contributed by atoms with Crippen molar-refractivity contribution in [3.63, 3.8) is 0 Å². The molecule has 1 unspecified atom stereocenters.